The van der Waals surface area contributed by atoms with Crippen LogP contribution in [0.15, 0.2) is 27.5 Å². The zero-order chi connectivity index (χ0) is 13.1. The van der Waals surface area contributed by atoms with Gasteiger partial charge in [-0.25, -0.2) is 15.1 Å². The summed E-state index contributed by atoms with van der Waals surface area (Å²) in [4.78, 5) is 4.26. The van der Waals surface area contributed by atoms with Crippen molar-refractivity contribution in [3.8, 4) is 0 Å². The second-order valence-corrected chi connectivity index (χ2v) is 5.06. The summed E-state index contributed by atoms with van der Waals surface area (Å²) >= 11 is 3.28. The number of hydrogen-bond donors (Lipinski definition) is 2. The van der Waals surface area contributed by atoms with Gasteiger partial charge < -0.3 is 4.42 Å². The number of nitrogens with zero attached hydrogens (tertiary/aromatic N) is 3. The molecule has 98 valence electrons. The van der Waals surface area contributed by atoms with Gasteiger partial charge >= 0.3 is 0 Å². The zero-order valence-corrected chi connectivity index (χ0v) is 11.9. The molecule has 0 amide bonds. The maximum absolute atomic E-state index is 5.57. The molecule has 0 aliphatic rings. The molecule has 2 heterocycles. The number of nitrogens with one attached hydrogen (secondary N) is 1. The molecule has 0 spiro atoms. The molecule has 2 aromatic rings. The lowest BCUT2D eigenvalue weighted by molar-refractivity contribution is 0.390. The first kappa shape index (κ1) is 13.3. The van der Waals surface area contributed by atoms with Gasteiger partial charge in [0.1, 0.15) is 17.9 Å². The number of aromatic nitrogens is 3. The number of hydrogen-bond acceptors (Lipinski definition) is 5. The minimum absolute atomic E-state index is 0.127. The Balaban J connectivity index is 2.18. The molecule has 2 aromatic heterocycles. The van der Waals surface area contributed by atoms with Gasteiger partial charge in [-0.3, -0.25) is 5.84 Å². The Kier molecular flexibility index (Phi) is 4.15. The van der Waals surface area contributed by atoms with E-state index in [1.807, 2.05) is 16.8 Å². The largest absolute Gasteiger partial charge is 0.453 e. The first-order valence-electron chi connectivity index (χ1n) is 5.71. The van der Waals surface area contributed by atoms with Gasteiger partial charge in [-0.1, -0.05) is 0 Å². The fourth-order valence-corrected chi connectivity index (χ4v) is 2.11. The fourth-order valence-electron chi connectivity index (χ4n) is 1.79. The Bertz CT molecular complexity index is 507. The van der Waals surface area contributed by atoms with Crippen LogP contribution in [0.4, 0.5) is 0 Å². The number of rotatable bonds is 5. The van der Waals surface area contributed by atoms with E-state index in [1.165, 1.54) is 0 Å². The molecule has 7 heteroatoms. The van der Waals surface area contributed by atoms with Crippen molar-refractivity contribution < 1.29 is 4.42 Å². The summed E-state index contributed by atoms with van der Waals surface area (Å²) in [6.07, 6.45) is 2.18. The highest BCUT2D eigenvalue weighted by molar-refractivity contribution is 9.10. The summed E-state index contributed by atoms with van der Waals surface area (Å²) in [5.74, 6) is 7.22. The molecule has 3 N–H and O–H groups in total. The number of furan rings is 1. The predicted octanol–water partition coefficient (Wildman–Crippen LogP) is 1.96. The maximum Gasteiger partial charge on any atom is 0.169 e. The maximum atomic E-state index is 5.57. The SMILES string of the molecule is CC(C)n1ncnc1CC(NN)c1ccc(Br)o1. The molecular formula is C11H16BrN5O. The lowest BCUT2D eigenvalue weighted by Gasteiger charge is -2.15. The highest BCUT2D eigenvalue weighted by Gasteiger charge is 2.18. The Morgan fingerprint density at radius 1 is 1.50 bits per heavy atom. The molecule has 0 saturated carbocycles. The van der Waals surface area contributed by atoms with Gasteiger partial charge in [-0.15, -0.1) is 0 Å². The van der Waals surface area contributed by atoms with E-state index in [1.54, 1.807) is 6.33 Å². The molecule has 1 atom stereocenters. The molecule has 0 aliphatic carbocycles. The van der Waals surface area contributed by atoms with E-state index in [9.17, 15) is 0 Å². The summed E-state index contributed by atoms with van der Waals surface area (Å²) in [6.45, 7) is 4.12. The Labute approximate surface area is 114 Å². The van der Waals surface area contributed by atoms with Crippen LogP contribution in [0.2, 0.25) is 0 Å². The van der Waals surface area contributed by atoms with Gasteiger partial charge in [-0.05, 0) is 41.9 Å². The molecule has 0 aliphatic heterocycles. The van der Waals surface area contributed by atoms with E-state index in [2.05, 4.69) is 45.3 Å². The van der Waals surface area contributed by atoms with Gasteiger partial charge in [0.05, 0.1) is 6.04 Å². The van der Waals surface area contributed by atoms with Gasteiger partial charge in [0.2, 0.25) is 0 Å². The summed E-state index contributed by atoms with van der Waals surface area (Å²) in [5.41, 5.74) is 2.74. The quantitative estimate of drug-likeness (QED) is 0.651. The standard InChI is InChI=1S/C11H16BrN5O/c1-7(2)17-11(14-6-15-17)5-8(16-13)9-3-4-10(12)18-9/h3-4,6-8,16H,5,13H2,1-2H3. The van der Waals surface area contributed by atoms with Crippen LogP contribution in [-0.2, 0) is 6.42 Å². The smallest absolute Gasteiger partial charge is 0.169 e. The lowest BCUT2D eigenvalue weighted by atomic mass is 10.1. The number of halogens is 1. The van der Waals surface area contributed by atoms with Crippen molar-refractivity contribution >= 4 is 15.9 Å². The van der Waals surface area contributed by atoms with Crippen LogP contribution < -0.4 is 11.3 Å². The minimum atomic E-state index is -0.127. The molecule has 18 heavy (non-hydrogen) atoms. The van der Waals surface area contributed by atoms with Crippen LogP contribution >= 0.6 is 15.9 Å². The van der Waals surface area contributed by atoms with Gasteiger partial charge in [0.25, 0.3) is 0 Å². The first-order valence-corrected chi connectivity index (χ1v) is 6.51. The van der Waals surface area contributed by atoms with Crippen LogP contribution in [-0.4, -0.2) is 14.8 Å². The van der Waals surface area contributed by atoms with Crippen molar-refractivity contribution in [3.63, 3.8) is 0 Å². The molecule has 2 rings (SSSR count). The fraction of sp³-hybridized carbons (Fsp3) is 0.455. The van der Waals surface area contributed by atoms with Crippen LogP contribution in [0.25, 0.3) is 0 Å². The van der Waals surface area contributed by atoms with Crippen molar-refractivity contribution in [2.45, 2.75) is 32.4 Å². The molecule has 6 nitrogen and oxygen atoms in total. The average Bonchev–Trinajstić information content (AvgIpc) is 2.94. The monoisotopic (exact) mass is 313 g/mol. The topological polar surface area (TPSA) is 81.9 Å². The van der Waals surface area contributed by atoms with Crippen molar-refractivity contribution in [2.24, 2.45) is 5.84 Å². The molecule has 0 radical (unpaired) electrons. The number of hydrazine groups is 1. The normalized spacial score (nSPS) is 13.2. The van der Waals surface area contributed by atoms with Gasteiger partial charge in [0.15, 0.2) is 4.67 Å². The Hall–Kier alpha value is -1.18. The van der Waals surface area contributed by atoms with Crippen LogP contribution in [0.3, 0.4) is 0 Å². The second kappa shape index (κ2) is 5.64. The summed E-state index contributed by atoms with van der Waals surface area (Å²) < 4.78 is 8.06. The third-order valence-electron chi connectivity index (χ3n) is 2.66. The molecule has 0 aromatic carbocycles. The summed E-state index contributed by atoms with van der Waals surface area (Å²) in [7, 11) is 0. The Morgan fingerprint density at radius 2 is 2.28 bits per heavy atom. The molecule has 0 fully saturated rings. The van der Waals surface area contributed by atoms with E-state index in [-0.39, 0.29) is 12.1 Å². The van der Waals surface area contributed by atoms with E-state index in [0.717, 1.165) is 11.6 Å². The zero-order valence-electron chi connectivity index (χ0n) is 10.3. The van der Waals surface area contributed by atoms with E-state index in [4.69, 9.17) is 10.3 Å². The minimum Gasteiger partial charge on any atom is -0.453 e. The Morgan fingerprint density at radius 3 is 2.83 bits per heavy atom. The van der Waals surface area contributed by atoms with E-state index < -0.39 is 0 Å². The highest BCUT2D eigenvalue weighted by Crippen LogP contribution is 2.23. The summed E-state index contributed by atoms with van der Waals surface area (Å²) in [6, 6.07) is 3.86. The van der Waals surface area contributed by atoms with E-state index >= 15 is 0 Å². The van der Waals surface area contributed by atoms with E-state index in [0.29, 0.717) is 11.1 Å². The summed E-state index contributed by atoms with van der Waals surface area (Å²) in [5, 5.41) is 4.20. The van der Waals surface area contributed by atoms with Crippen molar-refractivity contribution in [1.29, 1.82) is 0 Å². The van der Waals surface area contributed by atoms with Crippen LogP contribution in [0, 0.1) is 0 Å². The average molecular weight is 314 g/mol. The van der Waals surface area contributed by atoms with Crippen molar-refractivity contribution in [2.75, 3.05) is 0 Å². The third kappa shape index (κ3) is 2.80. The van der Waals surface area contributed by atoms with Gasteiger partial charge in [-0.2, -0.15) is 5.10 Å². The molecule has 0 saturated heterocycles. The lowest BCUT2D eigenvalue weighted by Crippen LogP contribution is -2.30. The van der Waals surface area contributed by atoms with Crippen molar-refractivity contribution in [1.82, 2.24) is 20.2 Å². The van der Waals surface area contributed by atoms with Gasteiger partial charge in [0, 0.05) is 12.5 Å². The first-order chi connectivity index (χ1) is 8.61. The van der Waals surface area contributed by atoms with Crippen molar-refractivity contribution in [3.05, 3.63) is 34.7 Å². The van der Waals surface area contributed by atoms with Crippen LogP contribution in [0.5, 0.6) is 0 Å². The molecular weight excluding hydrogens is 298 g/mol. The predicted molar refractivity (Wildman–Crippen MR) is 70.6 cm³/mol. The molecule has 1 unspecified atom stereocenters. The molecule has 0 bridgehead atoms. The third-order valence-corrected chi connectivity index (χ3v) is 3.09. The second-order valence-electron chi connectivity index (χ2n) is 4.28. The number of nitrogens with two attached hydrogens (primary N) is 1. The highest BCUT2D eigenvalue weighted by atomic mass is 79.9. The van der Waals surface area contributed by atoms with Crippen LogP contribution in [0.1, 0.15) is 37.5 Å².